The average Bonchev–Trinajstić information content (AvgIpc) is 3.43. The Balaban J connectivity index is 1.72. The van der Waals surface area contributed by atoms with E-state index in [-0.39, 0.29) is 5.82 Å². The molecule has 7 heteroatoms. The molecule has 0 spiro atoms. The highest BCUT2D eigenvalue weighted by atomic mass is 19.1. The third-order valence-corrected chi connectivity index (χ3v) is 5.19. The lowest BCUT2D eigenvalue weighted by Gasteiger charge is -2.10. The number of hydrogen-bond donors (Lipinski definition) is 0. The number of nitrogens with zero attached hydrogens (tertiary/aromatic N) is 3. The summed E-state index contributed by atoms with van der Waals surface area (Å²) in [6, 6.07) is 19.7. The first-order chi connectivity index (χ1) is 16.1. The number of carbonyl (C=O) groups is 1. The Labute approximate surface area is 189 Å². The van der Waals surface area contributed by atoms with Crippen molar-refractivity contribution in [2.45, 2.75) is 19.8 Å². The van der Waals surface area contributed by atoms with Gasteiger partial charge >= 0.3 is 5.97 Å². The van der Waals surface area contributed by atoms with Gasteiger partial charge in [-0.15, -0.1) is 0 Å². The summed E-state index contributed by atoms with van der Waals surface area (Å²) in [7, 11) is 0. The molecule has 0 N–H and O–H groups in total. The molecule has 6 nitrogen and oxygen atoms in total. The molecule has 0 aliphatic heterocycles. The van der Waals surface area contributed by atoms with E-state index in [1.165, 1.54) is 19.1 Å². The highest BCUT2D eigenvalue weighted by Crippen LogP contribution is 2.29. The number of imidazole rings is 1. The average molecular weight is 441 g/mol. The molecule has 0 radical (unpaired) electrons. The molecule has 0 unspecified atom stereocenters. The van der Waals surface area contributed by atoms with Crippen LogP contribution in [0.5, 0.6) is 5.88 Å². The summed E-state index contributed by atoms with van der Waals surface area (Å²) in [5.41, 5.74) is 4.07. The zero-order valence-corrected chi connectivity index (χ0v) is 17.9. The molecule has 0 amide bonds. The van der Waals surface area contributed by atoms with Crippen molar-refractivity contribution in [1.29, 1.82) is 0 Å². The fraction of sp³-hybridized carbons (Fsp3) is 0.115. The first kappa shape index (κ1) is 20.6. The molecule has 0 saturated carbocycles. The lowest BCUT2D eigenvalue weighted by molar-refractivity contribution is -0.132. The highest BCUT2D eigenvalue weighted by Gasteiger charge is 2.21. The van der Waals surface area contributed by atoms with Gasteiger partial charge < -0.3 is 9.15 Å². The number of furan rings is 1. The maximum atomic E-state index is 13.8. The first-order valence-corrected chi connectivity index (χ1v) is 10.5. The number of hydrogen-bond acceptors (Lipinski definition) is 5. The Morgan fingerprint density at radius 1 is 1.00 bits per heavy atom. The Morgan fingerprint density at radius 3 is 2.58 bits per heavy atom. The molecule has 0 atom stereocenters. The van der Waals surface area contributed by atoms with Gasteiger partial charge in [0.2, 0.25) is 5.88 Å². The zero-order valence-electron chi connectivity index (χ0n) is 17.9. The van der Waals surface area contributed by atoms with Crippen LogP contribution in [0.3, 0.4) is 0 Å². The number of fused-ring (bicyclic) bond motifs is 1. The second kappa shape index (κ2) is 8.70. The molecule has 0 aliphatic rings. The van der Waals surface area contributed by atoms with Gasteiger partial charge in [-0.2, -0.15) is 0 Å². The molecule has 2 aromatic carbocycles. The van der Waals surface area contributed by atoms with Crippen molar-refractivity contribution in [2.24, 2.45) is 0 Å². The van der Waals surface area contributed by atoms with Gasteiger partial charge in [0, 0.05) is 25.1 Å². The van der Waals surface area contributed by atoms with Crippen LogP contribution in [0.4, 0.5) is 4.39 Å². The minimum Gasteiger partial charge on any atom is -0.469 e. The third kappa shape index (κ3) is 4.39. The van der Waals surface area contributed by atoms with Crippen molar-refractivity contribution in [3.05, 3.63) is 108 Å². The molecule has 0 fully saturated rings. The monoisotopic (exact) mass is 441 g/mol. The standard InChI is InChI=1S/C26H20FN3O3/c1-17(31)33-26-23(15-21-11-6-12-32-21)29-25-22(14-18-7-5-10-20(27)13-18)28-24(16-30(25)26)19-8-3-2-4-9-19/h2-13,16H,14-15H2,1H3. The molecule has 0 aliphatic carbocycles. The molecular weight excluding hydrogens is 421 g/mol. The van der Waals surface area contributed by atoms with Gasteiger partial charge in [0.05, 0.1) is 24.1 Å². The molecule has 3 heterocycles. The lowest BCUT2D eigenvalue weighted by Crippen LogP contribution is -2.07. The van der Waals surface area contributed by atoms with E-state index < -0.39 is 5.97 Å². The number of ether oxygens (including phenoxy) is 1. The van der Waals surface area contributed by atoms with Crippen LogP contribution in [0.15, 0.2) is 83.6 Å². The van der Waals surface area contributed by atoms with Crippen molar-refractivity contribution in [3.63, 3.8) is 0 Å². The normalized spacial score (nSPS) is 11.1. The van der Waals surface area contributed by atoms with E-state index in [1.54, 1.807) is 29.0 Å². The predicted molar refractivity (Wildman–Crippen MR) is 120 cm³/mol. The number of carbonyl (C=O) groups excluding carboxylic acids is 1. The Kier molecular flexibility index (Phi) is 5.44. The topological polar surface area (TPSA) is 69.6 Å². The van der Waals surface area contributed by atoms with Gasteiger partial charge in [0.25, 0.3) is 0 Å². The fourth-order valence-electron chi connectivity index (χ4n) is 3.78. The number of aromatic nitrogens is 3. The third-order valence-electron chi connectivity index (χ3n) is 5.19. The van der Waals surface area contributed by atoms with Crippen molar-refractivity contribution < 1.29 is 18.3 Å². The summed E-state index contributed by atoms with van der Waals surface area (Å²) < 4.78 is 26.7. The van der Waals surface area contributed by atoms with Crippen molar-refractivity contribution >= 4 is 11.6 Å². The van der Waals surface area contributed by atoms with E-state index in [1.807, 2.05) is 42.5 Å². The van der Waals surface area contributed by atoms with Crippen LogP contribution in [0.2, 0.25) is 0 Å². The molecule has 0 bridgehead atoms. The van der Waals surface area contributed by atoms with Gasteiger partial charge in [0.15, 0.2) is 5.65 Å². The number of benzene rings is 2. The van der Waals surface area contributed by atoms with E-state index in [4.69, 9.17) is 19.1 Å². The van der Waals surface area contributed by atoms with Crippen LogP contribution in [-0.2, 0) is 17.6 Å². The van der Waals surface area contributed by atoms with E-state index >= 15 is 0 Å². The summed E-state index contributed by atoms with van der Waals surface area (Å²) in [5.74, 6) is 0.233. The number of halogens is 1. The number of esters is 1. The van der Waals surface area contributed by atoms with E-state index in [0.29, 0.717) is 47.2 Å². The fourth-order valence-corrected chi connectivity index (χ4v) is 3.78. The smallest absolute Gasteiger partial charge is 0.309 e. The van der Waals surface area contributed by atoms with Crippen molar-refractivity contribution in [2.75, 3.05) is 0 Å². The van der Waals surface area contributed by atoms with Crippen molar-refractivity contribution in [1.82, 2.24) is 14.4 Å². The van der Waals surface area contributed by atoms with Gasteiger partial charge in [-0.25, -0.2) is 14.4 Å². The van der Waals surface area contributed by atoms with Crippen LogP contribution in [-0.4, -0.2) is 20.3 Å². The largest absolute Gasteiger partial charge is 0.469 e. The van der Waals surface area contributed by atoms with Crippen LogP contribution in [0.1, 0.15) is 29.6 Å². The Morgan fingerprint density at radius 2 is 1.85 bits per heavy atom. The molecule has 0 saturated heterocycles. The maximum absolute atomic E-state index is 13.8. The quantitative estimate of drug-likeness (QED) is 0.337. The van der Waals surface area contributed by atoms with Crippen LogP contribution in [0.25, 0.3) is 16.9 Å². The van der Waals surface area contributed by atoms with Crippen LogP contribution < -0.4 is 4.74 Å². The highest BCUT2D eigenvalue weighted by molar-refractivity contribution is 5.70. The van der Waals surface area contributed by atoms with Crippen LogP contribution >= 0.6 is 0 Å². The summed E-state index contributed by atoms with van der Waals surface area (Å²) in [5, 5.41) is 0. The molecular formula is C26H20FN3O3. The SMILES string of the molecule is CC(=O)Oc1c(Cc2ccco2)nc2c(Cc3cccc(F)c3)nc(-c3ccccc3)cn12. The minimum absolute atomic E-state index is 0.314. The summed E-state index contributed by atoms with van der Waals surface area (Å²) >= 11 is 0. The molecule has 5 rings (SSSR count). The Bertz CT molecular complexity index is 1430. The van der Waals surface area contributed by atoms with Crippen LogP contribution in [0, 0.1) is 5.82 Å². The molecule has 5 aromatic rings. The van der Waals surface area contributed by atoms with E-state index in [0.717, 1.165) is 11.1 Å². The van der Waals surface area contributed by atoms with E-state index in [2.05, 4.69) is 0 Å². The van der Waals surface area contributed by atoms with Crippen molar-refractivity contribution in [3.8, 4) is 17.1 Å². The maximum Gasteiger partial charge on any atom is 0.309 e. The second-order valence-corrected chi connectivity index (χ2v) is 7.65. The van der Waals surface area contributed by atoms with Gasteiger partial charge in [-0.3, -0.25) is 9.20 Å². The minimum atomic E-state index is -0.456. The molecule has 164 valence electrons. The van der Waals surface area contributed by atoms with Gasteiger partial charge in [0.1, 0.15) is 17.3 Å². The number of rotatable bonds is 6. The van der Waals surface area contributed by atoms with Gasteiger partial charge in [-0.05, 0) is 29.8 Å². The predicted octanol–water partition coefficient (Wildman–Crippen LogP) is 5.24. The second-order valence-electron chi connectivity index (χ2n) is 7.65. The zero-order chi connectivity index (χ0) is 22.8. The van der Waals surface area contributed by atoms with E-state index in [9.17, 15) is 9.18 Å². The lowest BCUT2D eigenvalue weighted by atomic mass is 10.1. The summed E-state index contributed by atoms with van der Waals surface area (Å²) in [6.07, 6.45) is 4.09. The molecule has 3 aromatic heterocycles. The first-order valence-electron chi connectivity index (χ1n) is 10.5. The Hall–Kier alpha value is -4.26. The molecule has 33 heavy (non-hydrogen) atoms. The van der Waals surface area contributed by atoms with Gasteiger partial charge in [-0.1, -0.05) is 42.5 Å². The summed E-state index contributed by atoms with van der Waals surface area (Å²) in [6.45, 7) is 1.35. The summed E-state index contributed by atoms with van der Waals surface area (Å²) in [4.78, 5) is 21.6.